The molecular formula is C22H26N4O2. The molecule has 6 nitrogen and oxygen atoms in total. The molecule has 28 heavy (non-hydrogen) atoms. The molecular weight excluding hydrogens is 352 g/mol. The van der Waals surface area contributed by atoms with Crippen molar-refractivity contribution in [2.45, 2.75) is 19.9 Å². The van der Waals surface area contributed by atoms with Gasteiger partial charge in [-0.25, -0.2) is 4.98 Å². The lowest BCUT2D eigenvalue weighted by Crippen LogP contribution is -2.10. The Bertz CT molecular complexity index is 900. The molecule has 1 heterocycles. The molecule has 0 saturated heterocycles. The van der Waals surface area contributed by atoms with Gasteiger partial charge in [0.15, 0.2) is 11.5 Å². The molecule has 3 rings (SSSR count). The van der Waals surface area contributed by atoms with Crippen LogP contribution in [0.1, 0.15) is 16.8 Å². The number of methoxy groups -OCH3 is 2. The van der Waals surface area contributed by atoms with Crippen molar-refractivity contribution in [1.82, 2.24) is 9.97 Å². The Morgan fingerprint density at radius 1 is 0.821 bits per heavy atom. The zero-order valence-electron chi connectivity index (χ0n) is 16.5. The second kappa shape index (κ2) is 9.60. The Morgan fingerprint density at radius 2 is 1.61 bits per heavy atom. The normalized spacial score (nSPS) is 10.4. The van der Waals surface area contributed by atoms with E-state index in [2.05, 4.69) is 44.9 Å². The van der Waals surface area contributed by atoms with Crippen LogP contribution < -0.4 is 20.1 Å². The maximum Gasteiger partial charge on any atom is 0.224 e. The van der Waals surface area contributed by atoms with Gasteiger partial charge in [0.1, 0.15) is 5.82 Å². The van der Waals surface area contributed by atoms with Crippen LogP contribution in [0.25, 0.3) is 0 Å². The number of aryl methyl sites for hydroxylation is 1. The summed E-state index contributed by atoms with van der Waals surface area (Å²) < 4.78 is 10.6. The quantitative estimate of drug-likeness (QED) is 0.585. The number of ether oxygens (including phenoxy) is 2. The van der Waals surface area contributed by atoms with E-state index in [1.54, 1.807) is 14.2 Å². The number of benzene rings is 2. The van der Waals surface area contributed by atoms with Gasteiger partial charge < -0.3 is 20.1 Å². The van der Waals surface area contributed by atoms with E-state index in [1.165, 1.54) is 5.56 Å². The average molecular weight is 378 g/mol. The van der Waals surface area contributed by atoms with Crippen LogP contribution in [0.15, 0.2) is 54.6 Å². The Morgan fingerprint density at radius 3 is 2.36 bits per heavy atom. The lowest BCUT2D eigenvalue weighted by Gasteiger charge is -2.12. The molecule has 0 aliphatic heterocycles. The molecule has 0 fully saturated rings. The van der Waals surface area contributed by atoms with Gasteiger partial charge in [-0.3, -0.25) is 0 Å². The minimum Gasteiger partial charge on any atom is -0.493 e. The van der Waals surface area contributed by atoms with Gasteiger partial charge in [0.2, 0.25) is 5.95 Å². The van der Waals surface area contributed by atoms with Crippen molar-refractivity contribution in [1.29, 1.82) is 0 Å². The number of hydrogen-bond acceptors (Lipinski definition) is 6. The topological polar surface area (TPSA) is 68.3 Å². The zero-order valence-corrected chi connectivity index (χ0v) is 16.5. The highest BCUT2D eigenvalue weighted by atomic mass is 16.5. The number of anilines is 2. The number of rotatable bonds is 9. The van der Waals surface area contributed by atoms with E-state index in [-0.39, 0.29) is 0 Å². The fourth-order valence-corrected chi connectivity index (χ4v) is 2.88. The fourth-order valence-electron chi connectivity index (χ4n) is 2.88. The van der Waals surface area contributed by atoms with Crippen molar-refractivity contribution in [3.63, 3.8) is 0 Å². The number of nitrogens with zero attached hydrogens (tertiary/aromatic N) is 2. The van der Waals surface area contributed by atoms with Crippen LogP contribution in [0.2, 0.25) is 0 Å². The number of aromatic nitrogens is 2. The summed E-state index contributed by atoms with van der Waals surface area (Å²) in [5, 5.41) is 6.66. The first-order chi connectivity index (χ1) is 13.7. The van der Waals surface area contributed by atoms with Crippen LogP contribution in [0.3, 0.4) is 0 Å². The van der Waals surface area contributed by atoms with Gasteiger partial charge in [0.05, 0.1) is 14.2 Å². The smallest absolute Gasteiger partial charge is 0.224 e. The molecule has 0 amide bonds. The molecule has 0 saturated carbocycles. The fraction of sp³-hybridized carbons (Fsp3) is 0.273. The van der Waals surface area contributed by atoms with Crippen molar-refractivity contribution in [2.75, 3.05) is 31.4 Å². The van der Waals surface area contributed by atoms with Crippen LogP contribution in [-0.2, 0) is 13.0 Å². The number of hydrogen-bond donors (Lipinski definition) is 2. The maximum atomic E-state index is 5.36. The minimum absolute atomic E-state index is 0.625. The molecule has 2 N–H and O–H groups in total. The zero-order chi connectivity index (χ0) is 19.8. The number of nitrogens with one attached hydrogen (secondary N) is 2. The summed E-state index contributed by atoms with van der Waals surface area (Å²) in [4.78, 5) is 9.04. The van der Waals surface area contributed by atoms with Crippen molar-refractivity contribution < 1.29 is 9.47 Å². The van der Waals surface area contributed by atoms with E-state index in [9.17, 15) is 0 Å². The summed E-state index contributed by atoms with van der Waals surface area (Å²) in [6, 6.07) is 18.2. The van der Waals surface area contributed by atoms with Gasteiger partial charge >= 0.3 is 0 Å². The van der Waals surface area contributed by atoms with Gasteiger partial charge in [-0.15, -0.1) is 0 Å². The van der Waals surface area contributed by atoms with E-state index in [0.29, 0.717) is 24.0 Å². The third kappa shape index (κ3) is 5.36. The lowest BCUT2D eigenvalue weighted by molar-refractivity contribution is 0.354. The minimum atomic E-state index is 0.625. The molecule has 0 spiro atoms. The summed E-state index contributed by atoms with van der Waals surface area (Å²) >= 11 is 0. The summed E-state index contributed by atoms with van der Waals surface area (Å²) in [6.45, 7) is 3.37. The molecule has 6 heteroatoms. The van der Waals surface area contributed by atoms with Gasteiger partial charge in [-0.05, 0) is 36.6 Å². The standard InChI is InChI=1S/C22H26N4O2/c1-16-13-21(24-15-18-9-10-19(27-2)20(14-18)28-3)26-22(25-16)23-12-11-17-7-5-4-6-8-17/h4-10,13-14H,11-12,15H2,1-3H3,(H2,23,24,25,26). The van der Waals surface area contributed by atoms with E-state index >= 15 is 0 Å². The van der Waals surface area contributed by atoms with Crippen LogP contribution in [0.5, 0.6) is 11.5 Å². The van der Waals surface area contributed by atoms with Crippen molar-refractivity contribution in [3.05, 3.63) is 71.4 Å². The van der Waals surface area contributed by atoms with Gasteiger partial charge in [0, 0.05) is 24.8 Å². The van der Waals surface area contributed by atoms with Crippen LogP contribution >= 0.6 is 0 Å². The van der Waals surface area contributed by atoms with E-state index in [1.807, 2.05) is 37.3 Å². The second-order valence-electron chi connectivity index (χ2n) is 6.42. The van der Waals surface area contributed by atoms with Gasteiger partial charge in [0.25, 0.3) is 0 Å². The second-order valence-corrected chi connectivity index (χ2v) is 6.42. The Balaban J connectivity index is 1.60. The highest BCUT2D eigenvalue weighted by molar-refractivity contribution is 5.46. The molecule has 0 aliphatic rings. The molecule has 3 aromatic rings. The summed E-state index contributed by atoms with van der Waals surface area (Å²) in [6.07, 6.45) is 0.923. The third-order valence-electron chi connectivity index (χ3n) is 4.32. The predicted molar refractivity (Wildman–Crippen MR) is 112 cm³/mol. The monoisotopic (exact) mass is 378 g/mol. The Kier molecular flexibility index (Phi) is 6.68. The first kappa shape index (κ1) is 19.5. The van der Waals surface area contributed by atoms with Crippen LogP contribution in [0.4, 0.5) is 11.8 Å². The van der Waals surface area contributed by atoms with E-state index in [4.69, 9.17) is 9.47 Å². The highest BCUT2D eigenvalue weighted by Gasteiger charge is 2.06. The summed E-state index contributed by atoms with van der Waals surface area (Å²) in [5.74, 6) is 2.84. The Labute approximate surface area is 166 Å². The first-order valence-corrected chi connectivity index (χ1v) is 9.26. The lowest BCUT2D eigenvalue weighted by atomic mass is 10.1. The molecule has 146 valence electrons. The van der Waals surface area contributed by atoms with E-state index in [0.717, 1.165) is 30.0 Å². The van der Waals surface area contributed by atoms with Crippen molar-refractivity contribution in [2.24, 2.45) is 0 Å². The largest absolute Gasteiger partial charge is 0.493 e. The Hall–Kier alpha value is -3.28. The molecule has 0 aliphatic carbocycles. The van der Waals surface area contributed by atoms with Crippen LogP contribution in [-0.4, -0.2) is 30.7 Å². The van der Waals surface area contributed by atoms with Gasteiger partial charge in [-0.1, -0.05) is 36.4 Å². The molecule has 0 bridgehead atoms. The van der Waals surface area contributed by atoms with Crippen molar-refractivity contribution in [3.8, 4) is 11.5 Å². The van der Waals surface area contributed by atoms with E-state index < -0.39 is 0 Å². The molecule has 1 aromatic heterocycles. The highest BCUT2D eigenvalue weighted by Crippen LogP contribution is 2.27. The maximum absolute atomic E-state index is 5.36. The molecule has 0 radical (unpaired) electrons. The summed E-state index contributed by atoms with van der Waals surface area (Å²) in [7, 11) is 3.27. The summed E-state index contributed by atoms with van der Waals surface area (Å²) in [5.41, 5.74) is 3.27. The van der Waals surface area contributed by atoms with Crippen molar-refractivity contribution >= 4 is 11.8 Å². The third-order valence-corrected chi connectivity index (χ3v) is 4.32. The predicted octanol–water partition coefficient (Wildman–Crippen LogP) is 4.07. The van der Waals surface area contributed by atoms with Crippen LogP contribution in [0, 0.1) is 6.92 Å². The average Bonchev–Trinajstić information content (AvgIpc) is 2.72. The molecule has 0 unspecified atom stereocenters. The molecule has 2 aromatic carbocycles. The first-order valence-electron chi connectivity index (χ1n) is 9.26. The van der Waals surface area contributed by atoms with Gasteiger partial charge in [-0.2, -0.15) is 4.98 Å². The SMILES string of the molecule is COc1ccc(CNc2cc(C)nc(NCCc3ccccc3)n2)cc1OC. The molecule has 0 atom stereocenters.